The van der Waals surface area contributed by atoms with E-state index in [-0.39, 0.29) is 24.5 Å². The Kier molecular flexibility index (Phi) is 7.47. The molecule has 0 amide bonds. The van der Waals surface area contributed by atoms with E-state index in [1.807, 2.05) is 0 Å². The van der Waals surface area contributed by atoms with Crippen LogP contribution in [-0.2, 0) is 30.3 Å². The van der Waals surface area contributed by atoms with Crippen molar-refractivity contribution >= 4 is 41.3 Å². The Morgan fingerprint density at radius 1 is 1.24 bits per heavy atom. The van der Waals surface area contributed by atoms with Gasteiger partial charge in [0.2, 0.25) is 0 Å². The van der Waals surface area contributed by atoms with Crippen LogP contribution >= 0.6 is 6.72 Å². The summed E-state index contributed by atoms with van der Waals surface area (Å²) in [6.45, 7) is -2.77. The second-order valence-electron chi connectivity index (χ2n) is 8.95. The number of aliphatic hydroxyl groups is 2. The average Bonchev–Trinajstić information content (AvgIpc) is 3.55. The van der Waals surface area contributed by atoms with Gasteiger partial charge in [-0.2, -0.15) is 4.98 Å². The zero-order chi connectivity index (χ0) is 27.2. The molecule has 7 N–H and O–H groups in total. The highest BCUT2D eigenvalue weighted by Crippen LogP contribution is 2.51. The van der Waals surface area contributed by atoms with Gasteiger partial charge in [0.1, 0.15) is 42.3 Å². The van der Waals surface area contributed by atoms with Crippen LogP contribution in [0.15, 0.2) is 29.7 Å². The van der Waals surface area contributed by atoms with Gasteiger partial charge >= 0.3 is 12.4 Å². The van der Waals surface area contributed by atoms with Crippen LogP contribution in [0.2, 0.25) is 0 Å². The summed E-state index contributed by atoms with van der Waals surface area (Å²) in [5, 5.41) is 20.4. The number of fused-ring (bicyclic) bond motifs is 1. The lowest BCUT2D eigenvalue weighted by molar-refractivity contribution is -0.0768. The smallest absolute Gasteiger partial charge is 0.351 e. The average molecular weight is 571 g/mol. The molecule has 0 radical (unpaired) electrons. The minimum atomic E-state index is -3.91. The van der Waals surface area contributed by atoms with Crippen LogP contribution in [0.5, 0.6) is 0 Å². The Morgan fingerprint density at radius 2 is 2.00 bits per heavy atom. The van der Waals surface area contributed by atoms with E-state index in [2.05, 4.69) is 19.9 Å². The first-order chi connectivity index (χ1) is 18.1. The first-order valence-corrected chi connectivity index (χ1v) is 14.2. The van der Waals surface area contributed by atoms with Crippen LogP contribution in [0.4, 0.5) is 11.6 Å². The molecule has 18 heteroatoms. The zero-order valence-electron chi connectivity index (χ0n) is 20.0. The van der Waals surface area contributed by atoms with Crippen LogP contribution in [-0.4, -0.2) is 81.3 Å². The summed E-state index contributed by atoms with van der Waals surface area (Å²) in [5.74, 6) is 0.275. The number of nitrogens with two attached hydrogens (primary N) is 2. The van der Waals surface area contributed by atoms with Crippen LogP contribution in [0, 0.1) is 0 Å². The van der Waals surface area contributed by atoms with Gasteiger partial charge in [0, 0.05) is 19.0 Å². The van der Waals surface area contributed by atoms with Crippen molar-refractivity contribution in [3.63, 3.8) is 0 Å². The Balaban J connectivity index is 1.24. The number of hydrogen-bond donors (Lipinski definition) is 5. The highest BCUT2D eigenvalue weighted by molar-refractivity contribution is 8.07. The van der Waals surface area contributed by atoms with Crippen LogP contribution in [0.1, 0.15) is 32.2 Å². The molecule has 2 aliphatic rings. The van der Waals surface area contributed by atoms with E-state index in [4.69, 9.17) is 41.8 Å². The van der Waals surface area contributed by atoms with Gasteiger partial charge in [-0.05, 0) is 24.8 Å². The second-order valence-corrected chi connectivity index (χ2v) is 11.7. The SMILES string of the molecule is CC(OP(O)(=S)O[C@H]1C[C@H](n2cnc3c(N)ncnc32)O[C@@H]1CO)[C@H]1O[C@@H](n2ccc(N)nc2=O)C[C@@H]1O. The predicted molar refractivity (Wildman–Crippen MR) is 135 cm³/mol. The quantitative estimate of drug-likeness (QED) is 0.208. The number of nitrogen functional groups attached to an aromatic ring is 2. The van der Waals surface area contributed by atoms with Crippen molar-refractivity contribution in [2.45, 2.75) is 62.7 Å². The third-order valence-corrected chi connectivity index (χ3v) is 8.04. The van der Waals surface area contributed by atoms with Crippen LogP contribution in [0.25, 0.3) is 11.2 Å². The van der Waals surface area contributed by atoms with Gasteiger partial charge in [-0.25, -0.2) is 19.7 Å². The molecular weight excluding hydrogens is 543 g/mol. The van der Waals surface area contributed by atoms with Gasteiger partial charge < -0.3 is 45.1 Å². The van der Waals surface area contributed by atoms with E-state index in [9.17, 15) is 19.9 Å². The van der Waals surface area contributed by atoms with Gasteiger partial charge in [-0.3, -0.25) is 9.13 Å². The van der Waals surface area contributed by atoms with Gasteiger partial charge in [0.05, 0.1) is 31.2 Å². The first-order valence-electron chi connectivity index (χ1n) is 11.6. The van der Waals surface area contributed by atoms with E-state index < -0.39 is 62.0 Å². The number of nitrogens with zero attached hydrogens (tertiary/aromatic N) is 6. The molecule has 0 aliphatic carbocycles. The van der Waals surface area contributed by atoms with Gasteiger partial charge in [-0.1, -0.05) is 0 Å². The van der Waals surface area contributed by atoms with E-state index in [1.54, 1.807) is 11.5 Å². The third kappa shape index (κ3) is 5.29. The van der Waals surface area contributed by atoms with Crippen molar-refractivity contribution in [1.82, 2.24) is 29.1 Å². The highest BCUT2D eigenvalue weighted by atomic mass is 32.5. The molecule has 0 aromatic carbocycles. The molecule has 38 heavy (non-hydrogen) atoms. The summed E-state index contributed by atoms with van der Waals surface area (Å²) in [7, 11) is 0. The fraction of sp³-hybridized carbons (Fsp3) is 0.550. The first kappa shape index (κ1) is 27.0. The minimum absolute atomic E-state index is 0.0640. The van der Waals surface area contributed by atoms with Crippen LogP contribution in [0.3, 0.4) is 0 Å². The molecule has 3 aromatic rings. The fourth-order valence-corrected chi connectivity index (χ4v) is 6.50. The van der Waals surface area contributed by atoms with Crippen molar-refractivity contribution in [3.8, 4) is 0 Å². The Morgan fingerprint density at radius 3 is 2.74 bits per heavy atom. The third-order valence-electron chi connectivity index (χ3n) is 6.39. The number of hydrogen-bond acceptors (Lipinski definition) is 14. The fourth-order valence-electron chi connectivity index (χ4n) is 4.61. The van der Waals surface area contributed by atoms with Crippen LogP contribution < -0.4 is 17.2 Å². The number of imidazole rings is 1. The van der Waals surface area contributed by atoms with E-state index in [0.717, 1.165) is 0 Å². The Bertz CT molecular complexity index is 1420. The molecule has 2 unspecified atom stereocenters. The molecule has 0 bridgehead atoms. The maximum Gasteiger partial charge on any atom is 0.351 e. The van der Waals surface area contributed by atoms with Crippen molar-refractivity contribution < 1.29 is 33.6 Å². The Hall–Kier alpha value is -2.60. The Labute approximate surface area is 220 Å². The molecule has 206 valence electrons. The van der Waals surface area contributed by atoms with Gasteiger partial charge in [0.15, 0.2) is 11.5 Å². The molecule has 5 rings (SSSR count). The molecule has 0 saturated carbocycles. The summed E-state index contributed by atoms with van der Waals surface area (Å²) in [4.78, 5) is 39.0. The number of aromatic nitrogens is 6. The molecule has 2 fully saturated rings. The summed E-state index contributed by atoms with van der Waals surface area (Å²) in [6.07, 6.45) is -1.49. The molecule has 3 aromatic heterocycles. The van der Waals surface area contributed by atoms with Crippen molar-refractivity contribution in [2.24, 2.45) is 0 Å². The normalized spacial score (nSPS) is 30.0. The molecule has 16 nitrogen and oxygen atoms in total. The minimum Gasteiger partial charge on any atom is -0.394 e. The molecule has 2 aliphatic heterocycles. The topological polar surface area (TPSA) is 228 Å². The number of aliphatic hydroxyl groups excluding tert-OH is 2. The number of anilines is 2. The van der Waals surface area contributed by atoms with E-state index in [0.29, 0.717) is 11.2 Å². The van der Waals surface area contributed by atoms with Crippen molar-refractivity contribution in [1.29, 1.82) is 0 Å². The maximum atomic E-state index is 12.1. The lowest BCUT2D eigenvalue weighted by Crippen LogP contribution is -2.35. The molecular formula is C20H27N8O8PS. The molecule has 5 heterocycles. The lowest BCUT2D eigenvalue weighted by Gasteiger charge is -2.28. The standard InChI is InChI=1S/C20H27N8O8PS/c1-9(17-10(30)4-14(34-17)27-3-2-13(21)26-20(27)31)35-37(32,38)36-11-5-15(33-12(11)6-29)28-8-25-16-18(22)23-7-24-19(16)28/h2-3,7-12,14-15,17,29-30H,4-6H2,1H3,(H,32,38)(H2,21,26,31)(H2,22,23,24)/t9?,10-,11-,12+,14+,15+,17+,37?/m0/s1. The second kappa shape index (κ2) is 10.5. The lowest BCUT2D eigenvalue weighted by atomic mass is 10.1. The molecule has 8 atom stereocenters. The summed E-state index contributed by atoms with van der Waals surface area (Å²) < 4.78 is 26.0. The molecule has 2 saturated heterocycles. The van der Waals surface area contributed by atoms with Crippen molar-refractivity contribution in [3.05, 3.63) is 35.4 Å². The largest absolute Gasteiger partial charge is 0.394 e. The number of ether oxygens (including phenoxy) is 2. The predicted octanol–water partition coefficient (Wildman–Crippen LogP) is -0.817. The highest BCUT2D eigenvalue weighted by Gasteiger charge is 2.44. The summed E-state index contributed by atoms with van der Waals surface area (Å²) in [6, 6.07) is 1.44. The summed E-state index contributed by atoms with van der Waals surface area (Å²) in [5.41, 5.74) is 11.6. The van der Waals surface area contributed by atoms with E-state index in [1.165, 1.54) is 29.5 Å². The van der Waals surface area contributed by atoms with Gasteiger partial charge in [-0.15, -0.1) is 0 Å². The van der Waals surface area contributed by atoms with Crippen molar-refractivity contribution in [2.75, 3.05) is 18.1 Å². The summed E-state index contributed by atoms with van der Waals surface area (Å²) >= 11 is 5.23. The number of rotatable bonds is 8. The maximum absolute atomic E-state index is 12.1. The zero-order valence-corrected chi connectivity index (χ0v) is 21.8. The van der Waals surface area contributed by atoms with Gasteiger partial charge in [0.25, 0.3) is 0 Å². The van der Waals surface area contributed by atoms with E-state index >= 15 is 0 Å². The monoisotopic (exact) mass is 570 g/mol. The molecule has 0 spiro atoms.